The summed E-state index contributed by atoms with van der Waals surface area (Å²) in [7, 11) is 0. The first-order valence-corrected chi connectivity index (χ1v) is 8.93. The lowest BCUT2D eigenvalue weighted by atomic mass is 10.0. The molecule has 0 radical (unpaired) electrons. The van der Waals surface area contributed by atoms with Crippen molar-refractivity contribution in [2.24, 2.45) is 0 Å². The molecular weight excluding hydrogens is 303 g/mol. The predicted molar refractivity (Wildman–Crippen MR) is 93.8 cm³/mol. The van der Waals surface area contributed by atoms with Crippen LogP contribution in [0.3, 0.4) is 0 Å². The summed E-state index contributed by atoms with van der Waals surface area (Å²) < 4.78 is 13.3. The summed E-state index contributed by atoms with van der Waals surface area (Å²) in [6, 6.07) is 6.71. The van der Waals surface area contributed by atoms with Crippen LogP contribution in [-0.4, -0.2) is 36.1 Å². The molecule has 126 valence electrons. The van der Waals surface area contributed by atoms with Crippen molar-refractivity contribution in [2.75, 3.05) is 31.1 Å². The van der Waals surface area contributed by atoms with Gasteiger partial charge in [-0.05, 0) is 49.9 Å². The van der Waals surface area contributed by atoms with E-state index in [-0.39, 0.29) is 5.82 Å². The molecule has 0 saturated carbocycles. The molecule has 2 aliphatic rings. The quantitative estimate of drug-likeness (QED) is 0.862. The highest BCUT2D eigenvalue weighted by Crippen LogP contribution is 2.30. The lowest BCUT2D eigenvalue weighted by Crippen LogP contribution is -2.44. The number of benzene rings is 1. The van der Waals surface area contributed by atoms with Crippen LogP contribution in [0.5, 0.6) is 0 Å². The van der Waals surface area contributed by atoms with Crippen LogP contribution >= 0.6 is 0 Å². The Bertz CT molecular complexity index is 708. The van der Waals surface area contributed by atoms with Gasteiger partial charge in [-0.2, -0.15) is 0 Å². The van der Waals surface area contributed by atoms with E-state index in [4.69, 9.17) is 9.97 Å². The standard InChI is InChI=1S/C19H23FN4/c20-15-8-6-14(7-9-15)18-16-4-2-1-3-5-17(16)22-19(23-18)24-12-10-21-11-13-24/h6-9,21H,1-5,10-13H2. The second-order valence-corrected chi connectivity index (χ2v) is 6.60. The number of fused-ring (bicyclic) bond motifs is 1. The Hall–Kier alpha value is -2.01. The van der Waals surface area contributed by atoms with Gasteiger partial charge in [-0.1, -0.05) is 6.42 Å². The van der Waals surface area contributed by atoms with Crippen molar-refractivity contribution >= 4 is 5.95 Å². The molecule has 1 saturated heterocycles. The Kier molecular flexibility index (Phi) is 4.43. The highest BCUT2D eigenvalue weighted by atomic mass is 19.1. The van der Waals surface area contributed by atoms with Crippen LogP contribution in [0.15, 0.2) is 24.3 Å². The van der Waals surface area contributed by atoms with Gasteiger partial charge in [0.1, 0.15) is 5.82 Å². The summed E-state index contributed by atoms with van der Waals surface area (Å²) in [5, 5.41) is 3.37. The van der Waals surface area contributed by atoms with Crippen molar-refractivity contribution in [3.63, 3.8) is 0 Å². The molecule has 0 bridgehead atoms. The molecule has 2 aromatic rings. The van der Waals surface area contributed by atoms with Gasteiger partial charge in [0.25, 0.3) is 0 Å². The molecule has 1 N–H and O–H groups in total. The maximum Gasteiger partial charge on any atom is 0.226 e. The Morgan fingerprint density at radius 2 is 1.67 bits per heavy atom. The zero-order valence-electron chi connectivity index (χ0n) is 13.9. The molecule has 0 amide bonds. The minimum atomic E-state index is -0.207. The van der Waals surface area contributed by atoms with Crippen LogP contribution in [0.4, 0.5) is 10.3 Å². The van der Waals surface area contributed by atoms with Gasteiger partial charge >= 0.3 is 0 Å². The average molecular weight is 326 g/mol. The number of hydrogen-bond donors (Lipinski definition) is 1. The zero-order chi connectivity index (χ0) is 16.4. The zero-order valence-corrected chi connectivity index (χ0v) is 13.9. The van der Waals surface area contributed by atoms with Crippen molar-refractivity contribution in [2.45, 2.75) is 32.1 Å². The van der Waals surface area contributed by atoms with Crippen molar-refractivity contribution in [1.82, 2.24) is 15.3 Å². The molecule has 5 heteroatoms. The lowest BCUT2D eigenvalue weighted by molar-refractivity contribution is 0.578. The summed E-state index contributed by atoms with van der Waals surface area (Å²) in [6.45, 7) is 3.79. The molecule has 0 unspecified atom stereocenters. The summed E-state index contributed by atoms with van der Waals surface area (Å²) in [5.74, 6) is 0.623. The van der Waals surface area contributed by atoms with Crippen LogP contribution in [0.1, 0.15) is 30.5 Å². The fraction of sp³-hybridized carbons (Fsp3) is 0.474. The van der Waals surface area contributed by atoms with E-state index in [0.29, 0.717) is 0 Å². The van der Waals surface area contributed by atoms with Crippen LogP contribution < -0.4 is 10.2 Å². The largest absolute Gasteiger partial charge is 0.338 e. The van der Waals surface area contributed by atoms with Gasteiger partial charge < -0.3 is 10.2 Å². The number of rotatable bonds is 2. The molecule has 1 aliphatic carbocycles. The first-order chi connectivity index (χ1) is 11.8. The Balaban J connectivity index is 1.81. The van der Waals surface area contributed by atoms with E-state index in [1.165, 1.54) is 42.7 Å². The van der Waals surface area contributed by atoms with Crippen LogP contribution in [0.2, 0.25) is 0 Å². The van der Waals surface area contributed by atoms with Gasteiger partial charge in [0.15, 0.2) is 0 Å². The van der Waals surface area contributed by atoms with Crippen molar-refractivity contribution < 1.29 is 4.39 Å². The summed E-state index contributed by atoms with van der Waals surface area (Å²) >= 11 is 0. The van der Waals surface area contributed by atoms with Gasteiger partial charge in [0, 0.05) is 43.0 Å². The monoisotopic (exact) mass is 326 g/mol. The van der Waals surface area contributed by atoms with Crippen molar-refractivity contribution in [3.05, 3.63) is 41.3 Å². The number of nitrogens with zero attached hydrogens (tertiary/aromatic N) is 3. The third kappa shape index (κ3) is 3.13. The van der Waals surface area contributed by atoms with E-state index < -0.39 is 0 Å². The lowest BCUT2D eigenvalue weighted by Gasteiger charge is -2.28. The highest BCUT2D eigenvalue weighted by Gasteiger charge is 2.21. The maximum absolute atomic E-state index is 13.3. The average Bonchev–Trinajstić information content (AvgIpc) is 2.88. The summed E-state index contributed by atoms with van der Waals surface area (Å²) in [6.07, 6.45) is 5.64. The van der Waals surface area contributed by atoms with Crippen LogP contribution in [0.25, 0.3) is 11.3 Å². The normalized spacial score (nSPS) is 18.1. The third-order valence-electron chi connectivity index (χ3n) is 4.94. The SMILES string of the molecule is Fc1ccc(-c2nc(N3CCNCC3)nc3c2CCCCC3)cc1. The fourth-order valence-electron chi connectivity index (χ4n) is 3.61. The van der Waals surface area contributed by atoms with E-state index in [2.05, 4.69) is 10.2 Å². The third-order valence-corrected chi connectivity index (χ3v) is 4.94. The number of anilines is 1. The van der Waals surface area contributed by atoms with Gasteiger partial charge in [-0.15, -0.1) is 0 Å². The minimum Gasteiger partial charge on any atom is -0.338 e. The molecule has 0 atom stereocenters. The number of aryl methyl sites for hydroxylation is 1. The van der Waals surface area contributed by atoms with E-state index in [1.54, 1.807) is 0 Å². The number of nitrogens with one attached hydrogen (secondary N) is 1. The first kappa shape index (κ1) is 15.5. The molecular formula is C19H23FN4. The van der Waals surface area contributed by atoms with Crippen LogP contribution in [-0.2, 0) is 12.8 Å². The number of piperazine rings is 1. The summed E-state index contributed by atoms with van der Waals surface area (Å²) in [5.41, 5.74) is 4.44. The smallest absolute Gasteiger partial charge is 0.226 e. The molecule has 1 aromatic carbocycles. The highest BCUT2D eigenvalue weighted by molar-refractivity contribution is 5.66. The van der Waals surface area contributed by atoms with E-state index in [1.807, 2.05) is 12.1 Å². The number of halogens is 1. The summed E-state index contributed by atoms with van der Waals surface area (Å²) in [4.78, 5) is 12.1. The van der Waals surface area contributed by atoms with E-state index in [9.17, 15) is 4.39 Å². The van der Waals surface area contributed by atoms with Crippen LogP contribution in [0, 0.1) is 5.82 Å². The second kappa shape index (κ2) is 6.85. The topological polar surface area (TPSA) is 41.1 Å². The molecule has 1 aliphatic heterocycles. The molecule has 2 heterocycles. The van der Waals surface area contributed by atoms with E-state index in [0.717, 1.165) is 56.2 Å². The van der Waals surface area contributed by atoms with Crippen molar-refractivity contribution in [1.29, 1.82) is 0 Å². The van der Waals surface area contributed by atoms with E-state index >= 15 is 0 Å². The first-order valence-electron chi connectivity index (χ1n) is 8.93. The minimum absolute atomic E-state index is 0.207. The fourth-order valence-corrected chi connectivity index (χ4v) is 3.61. The Labute approximate surface area is 142 Å². The Morgan fingerprint density at radius 1 is 0.917 bits per heavy atom. The molecule has 0 spiro atoms. The molecule has 1 aromatic heterocycles. The van der Waals surface area contributed by atoms with Gasteiger partial charge in [-0.25, -0.2) is 14.4 Å². The molecule has 1 fully saturated rings. The molecule has 4 rings (SSSR count). The van der Waals surface area contributed by atoms with Gasteiger partial charge in [0.2, 0.25) is 5.95 Å². The maximum atomic E-state index is 13.3. The van der Waals surface area contributed by atoms with Crippen molar-refractivity contribution in [3.8, 4) is 11.3 Å². The van der Waals surface area contributed by atoms with Gasteiger partial charge in [-0.3, -0.25) is 0 Å². The Morgan fingerprint density at radius 3 is 2.46 bits per heavy atom. The number of aromatic nitrogens is 2. The second-order valence-electron chi connectivity index (χ2n) is 6.60. The van der Waals surface area contributed by atoms with Gasteiger partial charge in [0.05, 0.1) is 5.69 Å². The number of hydrogen-bond acceptors (Lipinski definition) is 4. The predicted octanol–water partition coefficient (Wildman–Crippen LogP) is 2.96. The molecule has 4 nitrogen and oxygen atoms in total. The molecule has 24 heavy (non-hydrogen) atoms.